The van der Waals surface area contributed by atoms with Gasteiger partial charge in [-0.15, -0.1) is 0 Å². The Kier molecular flexibility index (Phi) is 3.53. The summed E-state index contributed by atoms with van der Waals surface area (Å²) in [5.41, 5.74) is 5.39. The summed E-state index contributed by atoms with van der Waals surface area (Å²) in [6, 6.07) is 0. The second-order valence-corrected chi connectivity index (χ2v) is 5.77. The predicted molar refractivity (Wildman–Crippen MR) is 65.4 cm³/mol. The molecule has 0 spiro atoms. The smallest absolute Gasteiger partial charge is 0.317 e. The van der Waals surface area contributed by atoms with Crippen LogP contribution in [0.5, 0.6) is 0 Å². The molecule has 0 aromatic heterocycles. The van der Waals surface area contributed by atoms with Gasteiger partial charge in [0.05, 0.1) is 5.71 Å². The van der Waals surface area contributed by atoms with Crippen LogP contribution < -0.4 is 10.9 Å². The summed E-state index contributed by atoms with van der Waals surface area (Å²) >= 11 is 0. The molecular formula is C10H15N3O3S. The summed E-state index contributed by atoms with van der Waals surface area (Å²) < 4.78 is 25.2. The third-order valence-electron chi connectivity index (χ3n) is 2.17. The van der Waals surface area contributed by atoms with Gasteiger partial charge >= 0.3 is 10.2 Å². The molecule has 94 valence electrons. The van der Waals surface area contributed by atoms with Crippen molar-refractivity contribution in [3.8, 4) is 0 Å². The maximum absolute atomic E-state index is 11.1. The fourth-order valence-electron chi connectivity index (χ4n) is 1.61. The van der Waals surface area contributed by atoms with E-state index >= 15 is 0 Å². The summed E-state index contributed by atoms with van der Waals surface area (Å²) in [7, 11) is -3.93. The highest BCUT2D eigenvalue weighted by Gasteiger charge is 2.22. The van der Waals surface area contributed by atoms with Crippen molar-refractivity contribution in [2.45, 2.75) is 20.3 Å². The number of nitrogens with two attached hydrogens (primary N) is 2. The Bertz CT molecular complexity index is 527. The third-order valence-corrected chi connectivity index (χ3v) is 2.66. The van der Waals surface area contributed by atoms with Crippen LogP contribution >= 0.6 is 0 Å². The summed E-state index contributed by atoms with van der Waals surface area (Å²) in [6.07, 6.45) is 4.94. The van der Waals surface area contributed by atoms with E-state index in [0.29, 0.717) is 17.7 Å². The van der Waals surface area contributed by atoms with Crippen molar-refractivity contribution in [1.82, 2.24) is 0 Å². The second kappa shape index (κ2) is 4.42. The molecule has 0 heterocycles. The fraction of sp³-hybridized carbons (Fsp3) is 0.400. The van der Waals surface area contributed by atoms with Gasteiger partial charge in [0, 0.05) is 5.57 Å². The Balaban J connectivity index is 3.20. The van der Waals surface area contributed by atoms with E-state index < -0.39 is 21.5 Å². The van der Waals surface area contributed by atoms with Gasteiger partial charge in [0.25, 0.3) is 0 Å². The summed E-state index contributed by atoms with van der Waals surface area (Å²) in [5.74, 6) is -0.564. The van der Waals surface area contributed by atoms with Crippen LogP contribution in [-0.2, 0) is 15.0 Å². The van der Waals surface area contributed by atoms with Crippen LogP contribution in [-0.4, -0.2) is 20.0 Å². The molecule has 0 aromatic carbocycles. The minimum absolute atomic E-state index is 0.296. The van der Waals surface area contributed by atoms with Crippen LogP contribution in [0.25, 0.3) is 0 Å². The Morgan fingerprint density at radius 2 is 2.00 bits per heavy atom. The number of rotatable bonds is 2. The molecular weight excluding hydrogens is 242 g/mol. The lowest BCUT2D eigenvalue weighted by Gasteiger charge is -2.18. The molecule has 0 atom stereocenters. The molecule has 1 amide bonds. The van der Waals surface area contributed by atoms with E-state index in [9.17, 15) is 13.2 Å². The molecule has 0 bridgehead atoms. The van der Waals surface area contributed by atoms with Gasteiger partial charge in [0.15, 0.2) is 0 Å². The fourth-order valence-corrected chi connectivity index (χ4v) is 2.06. The van der Waals surface area contributed by atoms with Crippen LogP contribution in [0.2, 0.25) is 0 Å². The molecule has 0 aromatic rings. The van der Waals surface area contributed by atoms with Gasteiger partial charge in [-0.1, -0.05) is 19.9 Å². The standard InChI is InChI=1S/C10H15N3O3S/c1-10(2)5-7(9(11)14)3-4-8(6-10)13-17(12,15)16/h3-5H,6H2,1-2H3,(H2,11,14)(H2,12,15,16). The average Bonchev–Trinajstić information content (AvgIpc) is 2.20. The number of allylic oxidation sites excluding steroid dienone is 2. The van der Waals surface area contributed by atoms with E-state index in [4.69, 9.17) is 10.9 Å². The zero-order valence-electron chi connectivity index (χ0n) is 9.67. The minimum atomic E-state index is -3.93. The molecule has 1 aliphatic carbocycles. The van der Waals surface area contributed by atoms with E-state index in [1.54, 1.807) is 6.08 Å². The zero-order chi connectivity index (χ0) is 13.3. The van der Waals surface area contributed by atoms with Crippen molar-refractivity contribution in [2.24, 2.45) is 20.7 Å². The van der Waals surface area contributed by atoms with Crippen molar-refractivity contribution in [2.75, 3.05) is 0 Å². The molecule has 0 unspecified atom stereocenters. The molecule has 0 saturated carbocycles. The van der Waals surface area contributed by atoms with Crippen LogP contribution in [0.1, 0.15) is 20.3 Å². The highest BCUT2D eigenvalue weighted by Crippen LogP contribution is 2.28. The number of hydrogen-bond acceptors (Lipinski definition) is 3. The van der Waals surface area contributed by atoms with E-state index in [0.717, 1.165) is 0 Å². The molecule has 6 nitrogen and oxygen atoms in total. The van der Waals surface area contributed by atoms with Crippen molar-refractivity contribution >= 4 is 21.8 Å². The van der Waals surface area contributed by atoms with Gasteiger partial charge in [-0.2, -0.15) is 12.8 Å². The highest BCUT2D eigenvalue weighted by atomic mass is 32.2. The molecule has 7 heteroatoms. The van der Waals surface area contributed by atoms with Crippen LogP contribution in [0.4, 0.5) is 0 Å². The third kappa shape index (κ3) is 4.49. The molecule has 1 aliphatic rings. The van der Waals surface area contributed by atoms with Crippen molar-refractivity contribution in [3.05, 3.63) is 23.8 Å². The van der Waals surface area contributed by atoms with Gasteiger partial charge < -0.3 is 5.73 Å². The number of carbonyl (C=O) groups is 1. The Hall–Kier alpha value is -1.47. The normalized spacial score (nSPS) is 22.1. The molecule has 0 radical (unpaired) electrons. The average molecular weight is 257 g/mol. The van der Waals surface area contributed by atoms with E-state index in [2.05, 4.69) is 4.40 Å². The lowest BCUT2D eigenvalue weighted by molar-refractivity contribution is -0.114. The number of hydrogen-bond donors (Lipinski definition) is 2. The first-order valence-electron chi connectivity index (χ1n) is 4.91. The number of amides is 1. The molecule has 17 heavy (non-hydrogen) atoms. The van der Waals surface area contributed by atoms with Crippen molar-refractivity contribution in [1.29, 1.82) is 0 Å². The maximum Gasteiger partial charge on any atom is 0.317 e. The molecule has 0 saturated heterocycles. The van der Waals surface area contributed by atoms with Crippen molar-refractivity contribution in [3.63, 3.8) is 0 Å². The first-order chi connectivity index (χ1) is 7.59. The molecule has 4 N–H and O–H groups in total. The van der Waals surface area contributed by atoms with Gasteiger partial charge in [0.2, 0.25) is 5.91 Å². The minimum Gasteiger partial charge on any atom is -0.366 e. The maximum atomic E-state index is 11.1. The predicted octanol–water partition coefficient (Wildman–Crippen LogP) is 0.0287. The monoisotopic (exact) mass is 257 g/mol. The van der Waals surface area contributed by atoms with Crippen LogP contribution in [0.15, 0.2) is 28.2 Å². The largest absolute Gasteiger partial charge is 0.366 e. The topological polar surface area (TPSA) is 116 Å². The Labute approximate surface area is 100 Å². The first kappa shape index (κ1) is 13.6. The summed E-state index contributed by atoms with van der Waals surface area (Å²) in [5, 5.41) is 4.84. The number of carbonyl (C=O) groups excluding carboxylic acids is 1. The lowest BCUT2D eigenvalue weighted by atomic mass is 9.86. The summed E-state index contributed by atoms with van der Waals surface area (Å²) in [6.45, 7) is 3.70. The van der Waals surface area contributed by atoms with E-state index in [-0.39, 0.29) is 0 Å². The Morgan fingerprint density at radius 3 is 2.47 bits per heavy atom. The number of primary amides is 1. The molecule has 1 rings (SSSR count). The Morgan fingerprint density at radius 1 is 1.41 bits per heavy atom. The van der Waals surface area contributed by atoms with Crippen LogP contribution in [0, 0.1) is 5.41 Å². The second-order valence-electron chi connectivity index (χ2n) is 4.56. The van der Waals surface area contributed by atoms with Crippen molar-refractivity contribution < 1.29 is 13.2 Å². The lowest BCUT2D eigenvalue weighted by Crippen LogP contribution is -2.18. The number of nitrogens with zero attached hydrogens (tertiary/aromatic N) is 1. The summed E-state index contributed by atoms with van der Waals surface area (Å²) in [4.78, 5) is 11.1. The molecule has 0 fully saturated rings. The van der Waals surface area contributed by atoms with E-state index in [1.165, 1.54) is 12.2 Å². The zero-order valence-corrected chi connectivity index (χ0v) is 10.5. The SMILES string of the molecule is CC1(C)C=C(C(N)=O)C=CC(=NS(N)(=O)=O)C1. The highest BCUT2D eigenvalue weighted by molar-refractivity contribution is 7.88. The molecule has 0 aliphatic heterocycles. The van der Waals surface area contributed by atoms with Crippen LogP contribution in [0.3, 0.4) is 0 Å². The van der Waals surface area contributed by atoms with Gasteiger partial charge in [0.1, 0.15) is 0 Å². The van der Waals surface area contributed by atoms with Gasteiger partial charge in [-0.25, -0.2) is 5.14 Å². The first-order valence-corrected chi connectivity index (χ1v) is 6.42. The quantitative estimate of drug-likeness (QED) is 0.726. The van der Waals surface area contributed by atoms with Gasteiger partial charge in [-0.3, -0.25) is 4.79 Å². The van der Waals surface area contributed by atoms with Gasteiger partial charge in [-0.05, 0) is 24.0 Å². The van der Waals surface area contributed by atoms with E-state index in [1.807, 2.05) is 13.8 Å².